The van der Waals surface area contributed by atoms with Gasteiger partial charge in [0.1, 0.15) is 12.4 Å². The first-order valence-electron chi connectivity index (χ1n) is 9.28. The van der Waals surface area contributed by atoms with Crippen LogP contribution in [0, 0.1) is 16.3 Å². The third kappa shape index (κ3) is 6.00. The molecule has 0 aromatic heterocycles. The van der Waals surface area contributed by atoms with Crippen LogP contribution in [0.5, 0.6) is 11.5 Å². The van der Waals surface area contributed by atoms with Crippen molar-refractivity contribution in [1.29, 1.82) is 0 Å². The van der Waals surface area contributed by atoms with E-state index in [2.05, 4.69) is 34.0 Å². The normalized spacial score (nSPS) is 10.7. The lowest BCUT2D eigenvalue weighted by Gasteiger charge is -2.16. The van der Waals surface area contributed by atoms with Gasteiger partial charge in [0, 0.05) is 17.3 Å². The van der Waals surface area contributed by atoms with Gasteiger partial charge in [0.15, 0.2) is 11.5 Å². The summed E-state index contributed by atoms with van der Waals surface area (Å²) in [5, 5.41) is 4.13. The summed E-state index contributed by atoms with van der Waals surface area (Å²) in [6.45, 7) is 5.43. The monoisotopic (exact) mass is 525 g/mol. The maximum absolute atomic E-state index is 13.1. The Morgan fingerprint density at radius 2 is 1.76 bits per heavy atom. The summed E-state index contributed by atoms with van der Waals surface area (Å²) in [6, 6.07) is 16.3. The summed E-state index contributed by atoms with van der Waals surface area (Å²) >= 11 is 8.45. The molecule has 0 bridgehead atoms. The lowest BCUT2D eigenvalue weighted by molar-refractivity contribution is 0.267. The van der Waals surface area contributed by atoms with Crippen molar-refractivity contribution >= 4 is 39.9 Å². The second kappa shape index (κ2) is 10.2. The number of benzene rings is 3. The summed E-state index contributed by atoms with van der Waals surface area (Å²) in [5.74, 6) is 1.13. The van der Waals surface area contributed by atoms with Gasteiger partial charge in [-0.1, -0.05) is 29.8 Å². The predicted octanol–water partition coefficient (Wildman–Crippen LogP) is 6.98. The van der Waals surface area contributed by atoms with Crippen molar-refractivity contribution in [2.45, 2.75) is 27.0 Å². The van der Waals surface area contributed by atoms with E-state index in [1.807, 2.05) is 38.1 Å². The fraction of sp³-hybridized carbons (Fsp3) is 0.217. The molecule has 0 heterocycles. The molecule has 0 fully saturated rings. The zero-order chi connectivity index (χ0) is 20.8. The summed E-state index contributed by atoms with van der Waals surface area (Å²) in [7, 11) is 0. The number of nitrogens with one attached hydrogen (secondary N) is 1. The van der Waals surface area contributed by atoms with Crippen molar-refractivity contribution in [1.82, 2.24) is 0 Å². The number of halogens is 3. The lowest BCUT2D eigenvalue weighted by atomic mass is 10.1. The smallest absolute Gasteiger partial charge is 0.174 e. The zero-order valence-electron chi connectivity index (χ0n) is 16.3. The van der Waals surface area contributed by atoms with Crippen LogP contribution in [0.25, 0.3) is 0 Å². The number of anilines is 1. The number of hydrogen-bond acceptors (Lipinski definition) is 3. The highest BCUT2D eigenvalue weighted by Crippen LogP contribution is 2.35. The molecule has 6 heteroatoms. The standard InChI is InChI=1S/C23H22ClFINO2/c1-3-28-22-11-17(13-27-19-9-4-15(2)20(24)12-19)10-21(26)23(22)29-14-16-5-7-18(25)8-6-16/h4-12,27H,3,13-14H2,1-2H3. The molecule has 0 radical (unpaired) electrons. The number of rotatable bonds is 8. The highest BCUT2D eigenvalue weighted by atomic mass is 127. The van der Waals surface area contributed by atoms with Crippen molar-refractivity contribution in [3.05, 3.63) is 85.7 Å². The SMILES string of the molecule is CCOc1cc(CNc2ccc(C)c(Cl)c2)cc(I)c1OCc1ccc(F)cc1. The minimum atomic E-state index is -0.259. The third-order valence-corrected chi connectivity index (χ3v) is 5.54. The van der Waals surface area contributed by atoms with Crippen molar-refractivity contribution in [2.24, 2.45) is 0 Å². The van der Waals surface area contributed by atoms with Crippen LogP contribution < -0.4 is 14.8 Å². The van der Waals surface area contributed by atoms with Gasteiger partial charge in [-0.3, -0.25) is 0 Å². The van der Waals surface area contributed by atoms with Gasteiger partial charge in [0.25, 0.3) is 0 Å². The van der Waals surface area contributed by atoms with Crippen LogP contribution in [-0.4, -0.2) is 6.61 Å². The van der Waals surface area contributed by atoms with E-state index in [0.717, 1.165) is 31.0 Å². The Hall–Kier alpha value is -1.99. The van der Waals surface area contributed by atoms with Gasteiger partial charge in [-0.2, -0.15) is 0 Å². The minimum Gasteiger partial charge on any atom is -0.490 e. The van der Waals surface area contributed by atoms with E-state index < -0.39 is 0 Å². The zero-order valence-corrected chi connectivity index (χ0v) is 19.2. The Bertz CT molecular complexity index is 979. The number of ether oxygens (including phenoxy) is 2. The van der Waals surface area contributed by atoms with Crippen LogP contribution in [0.1, 0.15) is 23.6 Å². The quantitative estimate of drug-likeness (QED) is 0.322. The first-order valence-corrected chi connectivity index (χ1v) is 10.7. The molecular formula is C23H22ClFINO2. The maximum Gasteiger partial charge on any atom is 0.174 e. The summed E-state index contributed by atoms with van der Waals surface area (Å²) in [6.07, 6.45) is 0. The lowest BCUT2D eigenvalue weighted by Crippen LogP contribution is -2.05. The van der Waals surface area contributed by atoms with E-state index in [9.17, 15) is 4.39 Å². The van der Waals surface area contributed by atoms with Gasteiger partial charge in [-0.15, -0.1) is 0 Å². The summed E-state index contributed by atoms with van der Waals surface area (Å²) in [4.78, 5) is 0. The largest absolute Gasteiger partial charge is 0.490 e. The molecule has 0 aliphatic heterocycles. The van der Waals surface area contributed by atoms with E-state index in [0.29, 0.717) is 31.3 Å². The Kier molecular flexibility index (Phi) is 7.61. The van der Waals surface area contributed by atoms with Crippen LogP contribution in [0.15, 0.2) is 54.6 Å². The predicted molar refractivity (Wildman–Crippen MR) is 125 cm³/mol. The van der Waals surface area contributed by atoms with Crippen molar-refractivity contribution < 1.29 is 13.9 Å². The van der Waals surface area contributed by atoms with Crippen LogP contribution in [0.4, 0.5) is 10.1 Å². The Morgan fingerprint density at radius 3 is 2.45 bits per heavy atom. The van der Waals surface area contributed by atoms with Gasteiger partial charge in [-0.25, -0.2) is 4.39 Å². The van der Waals surface area contributed by atoms with E-state index in [4.69, 9.17) is 21.1 Å². The van der Waals surface area contributed by atoms with E-state index >= 15 is 0 Å². The molecule has 3 rings (SSSR count). The molecule has 0 aliphatic carbocycles. The molecule has 1 N–H and O–H groups in total. The van der Waals surface area contributed by atoms with Gasteiger partial charge in [0.2, 0.25) is 0 Å². The first kappa shape index (κ1) is 21.7. The highest BCUT2D eigenvalue weighted by Gasteiger charge is 2.13. The summed E-state index contributed by atoms with van der Waals surface area (Å²) in [5.41, 5.74) is 3.98. The molecule has 29 heavy (non-hydrogen) atoms. The Morgan fingerprint density at radius 1 is 1.00 bits per heavy atom. The molecule has 0 spiro atoms. The van der Waals surface area contributed by atoms with Gasteiger partial charge >= 0.3 is 0 Å². The van der Waals surface area contributed by atoms with Gasteiger partial charge < -0.3 is 14.8 Å². The number of aryl methyl sites for hydroxylation is 1. The highest BCUT2D eigenvalue weighted by molar-refractivity contribution is 14.1. The molecule has 0 amide bonds. The minimum absolute atomic E-state index is 0.259. The van der Waals surface area contributed by atoms with Gasteiger partial charge in [-0.05, 0) is 89.5 Å². The molecule has 152 valence electrons. The first-order chi connectivity index (χ1) is 14.0. The Balaban J connectivity index is 1.74. The van der Waals surface area contributed by atoms with Crippen LogP contribution in [0.3, 0.4) is 0 Å². The molecule has 0 saturated carbocycles. The molecular weight excluding hydrogens is 504 g/mol. The third-order valence-electron chi connectivity index (χ3n) is 4.33. The molecule has 0 unspecified atom stereocenters. The molecule has 3 nitrogen and oxygen atoms in total. The Labute approximate surface area is 189 Å². The van der Waals surface area contributed by atoms with E-state index in [1.165, 1.54) is 12.1 Å². The molecule has 0 aliphatic rings. The van der Waals surface area contributed by atoms with Crippen molar-refractivity contribution in [2.75, 3.05) is 11.9 Å². The van der Waals surface area contributed by atoms with Crippen molar-refractivity contribution in [3.63, 3.8) is 0 Å². The van der Waals surface area contributed by atoms with Gasteiger partial charge in [0.05, 0.1) is 10.2 Å². The average molecular weight is 526 g/mol. The topological polar surface area (TPSA) is 30.5 Å². The average Bonchev–Trinajstić information content (AvgIpc) is 2.70. The second-order valence-electron chi connectivity index (χ2n) is 6.57. The summed E-state index contributed by atoms with van der Waals surface area (Å²) < 4.78 is 25.9. The maximum atomic E-state index is 13.1. The molecule has 3 aromatic rings. The van der Waals surface area contributed by atoms with E-state index in [1.54, 1.807) is 12.1 Å². The van der Waals surface area contributed by atoms with E-state index in [-0.39, 0.29) is 5.82 Å². The molecule has 3 aromatic carbocycles. The number of hydrogen-bond donors (Lipinski definition) is 1. The second-order valence-corrected chi connectivity index (χ2v) is 8.14. The van der Waals surface area contributed by atoms with Crippen LogP contribution in [0.2, 0.25) is 5.02 Å². The fourth-order valence-electron chi connectivity index (χ4n) is 2.77. The fourth-order valence-corrected chi connectivity index (χ4v) is 3.77. The van der Waals surface area contributed by atoms with Crippen LogP contribution in [-0.2, 0) is 13.2 Å². The molecule has 0 atom stereocenters. The van der Waals surface area contributed by atoms with Crippen LogP contribution >= 0.6 is 34.2 Å². The van der Waals surface area contributed by atoms with Crippen molar-refractivity contribution in [3.8, 4) is 11.5 Å². The molecule has 0 saturated heterocycles.